The molecule has 1 atom stereocenters. The molecule has 0 saturated carbocycles. The van der Waals surface area contributed by atoms with Crippen molar-refractivity contribution in [3.63, 3.8) is 0 Å². The molecule has 0 bridgehead atoms. The van der Waals surface area contributed by atoms with Gasteiger partial charge in [0.25, 0.3) is 11.8 Å². The van der Waals surface area contributed by atoms with Gasteiger partial charge in [-0.2, -0.15) is 0 Å². The van der Waals surface area contributed by atoms with Gasteiger partial charge in [0, 0.05) is 36.4 Å². The van der Waals surface area contributed by atoms with Crippen LogP contribution in [-0.2, 0) is 0 Å². The van der Waals surface area contributed by atoms with Crippen molar-refractivity contribution >= 4 is 17.5 Å². The third-order valence-corrected chi connectivity index (χ3v) is 5.59. The summed E-state index contributed by atoms with van der Waals surface area (Å²) < 4.78 is 0. The molecule has 1 heterocycles. The van der Waals surface area contributed by atoms with E-state index in [0.29, 0.717) is 5.56 Å². The number of carbonyl (C=O) groups excluding carboxylic acids is 2. The van der Waals surface area contributed by atoms with Crippen LogP contribution in [0.4, 0.5) is 5.69 Å². The molecule has 1 unspecified atom stereocenters. The third kappa shape index (κ3) is 5.37. The molecule has 1 saturated heterocycles. The highest BCUT2D eigenvalue weighted by atomic mass is 16.2. The molecule has 1 aliphatic rings. The molecule has 1 aliphatic heterocycles. The molecule has 1 fully saturated rings. The minimum atomic E-state index is -0.0233. The Morgan fingerprint density at radius 1 is 1.07 bits per heavy atom. The molecular formula is C24H31N3O2. The number of rotatable bonds is 6. The van der Waals surface area contributed by atoms with Gasteiger partial charge in [0.15, 0.2) is 0 Å². The smallest absolute Gasteiger partial charge is 0.253 e. The van der Waals surface area contributed by atoms with E-state index in [9.17, 15) is 9.59 Å². The molecule has 0 radical (unpaired) electrons. The van der Waals surface area contributed by atoms with Gasteiger partial charge in [0.2, 0.25) is 0 Å². The van der Waals surface area contributed by atoms with E-state index in [1.54, 1.807) is 0 Å². The van der Waals surface area contributed by atoms with Crippen LogP contribution in [0, 0.1) is 6.92 Å². The molecule has 2 aromatic carbocycles. The monoisotopic (exact) mass is 393 g/mol. The number of aryl methyl sites for hydroxylation is 1. The maximum absolute atomic E-state index is 12.7. The zero-order valence-corrected chi connectivity index (χ0v) is 17.6. The molecule has 3 rings (SSSR count). The Balaban J connectivity index is 1.61. The van der Waals surface area contributed by atoms with Gasteiger partial charge in [-0.25, -0.2) is 0 Å². The van der Waals surface area contributed by atoms with Gasteiger partial charge in [0.05, 0.1) is 5.56 Å². The summed E-state index contributed by atoms with van der Waals surface area (Å²) in [5, 5.41) is 6.22. The van der Waals surface area contributed by atoms with Crippen LogP contribution in [0.15, 0.2) is 48.5 Å². The number of hydrogen-bond acceptors (Lipinski definition) is 3. The molecule has 2 amide bonds. The summed E-state index contributed by atoms with van der Waals surface area (Å²) in [5.74, 6) is -0.0368. The van der Waals surface area contributed by atoms with E-state index in [-0.39, 0.29) is 23.9 Å². The molecule has 5 heteroatoms. The van der Waals surface area contributed by atoms with Crippen molar-refractivity contribution in [3.8, 4) is 0 Å². The van der Waals surface area contributed by atoms with Crippen molar-refractivity contribution in [2.45, 2.75) is 52.1 Å². The van der Waals surface area contributed by atoms with Gasteiger partial charge < -0.3 is 15.5 Å². The Labute approximate surface area is 173 Å². The topological polar surface area (TPSA) is 61.4 Å². The van der Waals surface area contributed by atoms with Crippen LogP contribution in [0.2, 0.25) is 0 Å². The summed E-state index contributed by atoms with van der Waals surface area (Å²) in [4.78, 5) is 27.4. The summed E-state index contributed by atoms with van der Waals surface area (Å²) in [7, 11) is 0. The normalized spacial score (nSPS) is 15.6. The van der Waals surface area contributed by atoms with Gasteiger partial charge in [-0.3, -0.25) is 9.59 Å². The van der Waals surface area contributed by atoms with Gasteiger partial charge in [-0.1, -0.05) is 36.8 Å². The van der Waals surface area contributed by atoms with E-state index >= 15 is 0 Å². The quantitative estimate of drug-likeness (QED) is 0.782. The molecule has 154 valence electrons. The van der Waals surface area contributed by atoms with Gasteiger partial charge >= 0.3 is 0 Å². The molecule has 0 aromatic heterocycles. The fraction of sp³-hybridized carbons (Fsp3) is 0.417. The lowest BCUT2D eigenvalue weighted by atomic mass is 10.0. The Kier molecular flexibility index (Phi) is 6.91. The minimum Gasteiger partial charge on any atom is -0.371 e. The zero-order valence-electron chi connectivity index (χ0n) is 17.6. The number of benzene rings is 2. The third-order valence-electron chi connectivity index (χ3n) is 5.59. The molecule has 5 nitrogen and oxygen atoms in total. The minimum absolute atomic E-state index is 0.0134. The second-order valence-corrected chi connectivity index (χ2v) is 7.90. The lowest BCUT2D eigenvalue weighted by Crippen LogP contribution is -2.45. The largest absolute Gasteiger partial charge is 0.371 e. The Hall–Kier alpha value is -2.82. The Bertz CT molecular complexity index is 857. The van der Waals surface area contributed by atoms with E-state index in [2.05, 4.69) is 22.5 Å². The van der Waals surface area contributed by atoms with Crippen molar-refractivity contribution in [1.82, 2.24) is 10.6 Å². The Morgan fingerprint density at radius 3 is 2.48 bits per heavy atom. The van der Waals surface area contributed by atoms with Gasteiger partial charge in [-0.15, -0.1) is 0 Å². The number of hydrogen-bond donors (Lipinski definition) is 2. The first kappa shape index (κ1) is 20.9. The van der Waals surface area contributed by atoms with Crippen molar-refractivity contribution < 1.29 is 9.59 Å². The number of para-hydroxylation sites is 1. The van der Waals surface area contributed by atoms with Crippen LogP contribution in [0.3, 0.4) is 0 Å². The van der Waals surface area contributed by atoms with Crippen LogP contribution in [0.5, 0.6) is 0 Å². The molecular weight excluding hydrogens is 362 g/mol. The maximum atomic E-state index is 12.7. The number of amides is 2. The number of nitrogens with zero attached hydrogens (tertiary/aromatic N) is 1. The average Bonchev–Trinajstić information content (AvgIpc) is 2.74. The first-order chi connectivity index (χ1) is 14.0. The van der Waals surface area contributed by atoms with Crippen LogP contribution in [0.25, 0.3) is 0 Å². The van der Waals surface area contributed by atoms with Crippen LogP contribution < -0.4 is 15.5 Å². The highest BCUT2D eigenvalue weighted by Gasteiger charge is 2.24. The van der Waals surface area contributed by atoms with Crippen LogP contribution >= 0.6 is 0 Å². The number of nitrogens with one attached hydrogen (secondary N) is 2. The van der Waals surface area contributed by atoms with E-state index in [4.69, 9.17) is 0 Å². The zero-order chi connectivity index (χ0) is 20.8. The van der Waals surface area contributed by atoms with E-state index < -0.39 is 0 Å². The summed E-state index contributed by atoms with van der Waals surface area (Å²) in [6.07, 6.45) is 2.62. The second-order valence-electron chi connectivity index (χ2n) is 7.90. The molecule has 0 spiro atoms. The van der Waals surface area contributed by atoms with Crippen molar-refractivity contribution in [2.24, 2.45) is 0 Å². The summed E-state index contributed by atoms with van der Waals surface area (Å²) >= 11 is 0. The lowest BCUT2D eigenvalue weighted by molar-refractivity contribution is 0.0928. The van der Waals surface area contributed by atoms with E-state index in [1.807, 2.05) is 62.4 Å². The fourth-order valence-corrected chi connectivity index (χ4v) is 3.66. The SMILES string of the molecule is CCC(C)NC(=O)c1ccccc1N1CCC(NC(=O)c2cccc(C)c2)CC1. The van der Waals surface area contributed by atoms with Crippen LogP contribution in [0.1, 0.15) is 59.4 Å². The number of carbonyl (C=O) groups is 2. The summed E-state index contributed by atoms with van der Waals surface area (Å²) in [6.45, 7) is 7.69. The van der Waals surface area contributed by atoms with Gasteiger partial charge in [0.1, 0.15) is 0 Å². The lowest BCUT2D eigenvalue weighted by Gasteiger charge is -2.35. The highest BCUT2D eigenvalue weighted by Crippen LogP contribution is 2.24. The first-order valence-electron chi connectivity index (χ1n) is 10.5. The van der Waals surface area contributed by atoms with Crippen LogP contribution in [-0.4, -0.2) is 37.0 Å². The first-order valence-corrected chi connectivity index (χ1v) is 10.5. The van der Waals surface area contributed by atoms with Gasteiger partial charge in [-0.05, 0) is 57.4 Å². The predicted octanol–water partition coefficient (Wildman–Crippen LogP) is 3.92. The summed E-state index contributed by atoms with van der Waals surface area (Å²) in [5.41, 5.74) is 3.48. The van der Waals surface area contributed by atoms with E-state index in [0.717, 1.165) is 49.2 Å². The van der Waals surface area contributed by atoms with Crippen molar-refractivity contribution in [1.29, 1.82) is 0 Å². The average molecular weight is 394 g/mol. The second kappa shape index (κ2) is 9.59. The van der Waals surface area contributed by atoms with E-state index in [1.165, 1.54) is 0 Å². The molecule has 29 heavy (non-hydrogen) atoms. The molecule has 2 aromatic rings. The maximum Gasteiger partial charge on any atom is 0.253 e. The molecule has 0 aliphatic carbocycles. The van der Waals surface area contributed by atoms with Crippen molar-refractivity contribution in [3.05, 3.63) is 65.2 Å². The Morgan fingerprint density at radius 2 is 1.79 bits per heavy atom. The fourth-order valence-electron chi connectivity index (χ4n) is 3.66. The number of anilines is 1. The standard InChI is InChI=1S/C24H31N3O2/c1-4-18(3)25-24(29)21-10-5-6-11-22(21)27-14-12-20(13-15-27)26-23(28)19-9-7-8-17(2)16-19/h5-11,16,18,20H,4,12-15H2,1-3H3,(H,25,29)(H,26,28). The predicted molar refractivity (Wildman–Crippen MR) is 118 cm³/mol. The molecule has 2 N–H and O–H groups in total. The highest BCUT2D eigenvalue weighted by molar-refractivity contribution is 6.00. The summed E-state index contributed by atoms with van der Waals surface area (Å²) in [6, 6.07) is 15.7. The van der Waals surface area contributed by atoms with Crippen molar-refractivity contribution in [2.75, 3.05) is 18.0 Å². The number of piperidine rings is 1.